The third-order valence-electron chi connectivity index (χ3n) is 3.86. The molecular weight excluding hydrogens is 432 g/mol. The molecule has 3 aromatic carbocycles. The van der Waals surface area contributed by atoms with Gasteiger partial charge in [-0.15, -0.1) is 0 Å². The molecule has 0 saturated heterocycles. The molecule has 0 aromatic heterocycles. The molecule has 6 heteroatoms. The third-order valence-corrected chi connectivity index (χ3v) is 4.58. The summed E-state index contributed by atoms with van der Waals surface area (Å²) in [5.41, 5.74) is 1.12. The number of hydrogen-bond donors (Lipinski definition) is 0. The van der Waals surface area contributed by atoms with Crippen molar-refractivity contribution in [3.05, 3.63) is 76.3 Å². The SMILES string of the molecule is COc1cc(/C=C/C(=O)Cl)cc(Br)c1OC(=O)c1cccc2ccccc12. The van der Waals surface area contributed by atoms with Gasteiger partial charge >= 0.3 is 5.97 Å². The second kappa shape index (κ2) is 8.37. The Bertz CT molecular complexity index is 1050. The number of ether oxygens (including phenoxy) is 2. The first-order valence-corrected chi connectivity index (χ1v) is 9.11. The zero-order valence-corrected chi connectivity index (χ0v) is 16.6. The van der Waals surface area contributed by atoms with Gasteiger partial charge in [-0.25, -0.2) is 4.79 Å². The molecule has 0 atom stereocenters. The number of methoxy groups -OCH3 is 1. The number of rotatable bonds is 5. The number of esters is 1. The van der Waals surface area contributed by atoms with Crippen LogP contribution in [0.15, 0.2) is 65.1 Å². The number of benzene rings is 3. The van der Waals surface area contributed by atoms with Crippen LogP contribution in [0.25, 0.3) is 16.8 Å². The lowest BCUT2D eigenvalue weighted by molar-refractivity contribution is -0.107. The van der Waals surface area contributed by atoms with E-state index in [1.807, 2.05) is 36.4 Å². The fourth-order valence-electron chi connectivity index (χ4n) is 2.65. The molecule has 0 heterocycles. The maximum absolute atomic E-state index is 12.8. The lowest BCUT2D eigenvalue weighted by Crippen LogP contribution is -2.10. The first-order valence-electron chi connectivity index (χ1n) is 7.94. The van der Waals surface area contributed by atoms with Gasteiger partial charge in [0.2, 0.25) is 5.24 Å². The Morgan fingerprint density at radius 3 is 2.56 bits per heavy atom. The van der Waals surface area contributed by atoms with Crippen molar-refractivity contribution in [3.63, 3.8) is 0 Å². The molecule has 0 unspecified atom stereocenters. The highest BCUT2D eigenvalue weighted by Crippen LogP contribution is 2.38. The highest BCUT2D eigenvalue weighted by Gasteiger charge is 2.18. The van der Waals surface area contributed by atoms with Gasteiger partial charge in [-0.1, -0.05) is 36.4 Å². The van der Waals surface area contributed by atoms with Crippen LogP contribution in [0.1, 0.15) is 15.9 Å². The summed E-state index contributed by atoms with van der Waals surface area (Å²) < 4.78 is 11.5. The molecule has 0 radical (unpaired) electrons. The molecule has 0 aliphatic rings. The topological polar surface area (TPSA) is 52.6 Å². The van der Waals surface area contributed by atoms with Crippen molar-refractivity contribution in [1.29, 1.82) is 0 Å². The molecule has 0 spiro atoms. The number of allylic oxidation sites excluding steroid dienone is 1. The lowest BCUT2D eigenvalue weighted by Gasteiger charge is -2.13. The molecule has 0 N–H and O–H groups in total. The largest absolute Gasteiger partial charge is 0.493 e. The molecule has 3 aromatic rings. The summed E-state index contributed by atoms with van der Waals surface area (Å²) in [5, 5.41) is 1.17. The number of carbonyl (C=O) groups excluding carboxylic acids is 2. The van der Waals surface area contributed by atoms with E-state index >= 15 is 0 Å². The van der Waals surface area contributed by atoms with E-state index < -0.39 is 11.2 Å². The maximum Gasteiger partial charge on any atom is 0.344 e. The Kier molecular flexibility index (Phi) is 5.94. The van der Waals surface area contributed by atoms with E-state index in [2.05, 4.69) is 15.9 Å². The molecule has 0 bridgehead atoms. The fraction of sp³-hybridized carbons (Fsp3) is 0.0476. The average Bonchev–Trinajstić information content (AvgIpc) is 2.67. The minimum atomic E-state index is -0.587. The standard InChI is InChI=1S/C21H14BrClO4/c1-26-18-12-13(9-10-19(23)24)11-17(22)20(18)27-21(25)16-8-4-6-14-5-2-3-7-15(14)16/h2-12H,1H3/b10-9+. The van der Waals surface area contributed by atoms with Gasteiger partial charge in [0.25, 0.3) is 0 Å². The van der Waals surface area contributed by atoms with E-state index in [0.717, 1.165) is 10.8 Å². The maximum atomic E-state index is 12.8. The van der Waals surface area contributed by atoms with Gasteiger partial charge in [0, 0.05) is 0 Å². The quantitative estimate of drug-likeness (QED) is 0.222. The van der Waals surface area contributed by atoms with Gasteiger partial charge in [-0.2, -0.15) is 0 Å². The van der Waals surface area contributed by atoms with Crippen molar-refractivity contribution >= 4 is 55.6 Å². The molecular formula is C21H14BrClO4. The van der Waals surface area contributed by atoms with E-state index in [1.54, 1.807) is 24.3 Å². The van der Waals surface area contributed by atoms with Gasteiger partial charge in [-0.3, -0.25) is 4.79 Å². The molecule has 3 rings (SSSR count). The van der Waals surface area contributed by atoms with Gasteiger partial charge in [0.15, 0.2) is 11.5 Å². The van der Waals surface area contributed by atoms with E-state index in [1.165, 1.54) is 13.2 Å². The van der Waals surface area contributed by atoms with E-state index in [9.17, 15) is 9.59 Å². The molecule has 0 fully saturated rings. The van der Waals surface area contributed by atoms with Gasteiger partial charge < -0.3 is 9.47 Å². The summed E-state index contributed by atoms with van der Waals surface area (Å²) in [6.45, 7) is 0. The summed E-state index contributed by atoms with van der Waals surface area (Å²) in [6.07, 6.45) is 2.77. The number of fused-ring (bicyclic) bond motifs is 1. The van der Waals surface area contributed by atoms with E-state index in [4.69, 9.17) is 21.1 Å². The van der Waals surface area contributed by atoms with Crippen LogP contribution in [0, 0.1) is 0 Å². The number of carbonyl (C=O) groups is 2. The van der Waals surface area contributed by atoms with Crippen LogP contribution < -0.4 is 9.47 Å². The van der Waals surface area contributed by atoms with Crippen LogP contribution in [0.3, 0.4) is 0 Å². The molecule has 0 aliphatic carbocycles. The summed E-state index contributed by atoms with van der Waals surface area (Å²) in [7, 11) is 1.47. The Hall–Kier alpha value is -2.63. The van der Waals surface area contributed by atoms with Crippen LogP contribution in [-0.2, 0) is 4.79 Å². The van der Waals surface area contributed by atoms with Crippen molar-refractivity contribution in [2.45, 2.75) is 0 Å². The lowest BCUT2D eigenvalue weighted by atomic mass is 10.0. The van der Waals surface area contributed by atoms with Crippen molar-refractivity contribution in [2.75, 3.05) is 7.11 Å². The average molecular weight is 446 g/mol. The minimum Gasteiger partial charge on any atom is -0.493 e. The predicted octanol–water partition coefficient (Wildman–Crippen LogP) is 5.61. The molecule has 136 valence electrons. The van der Waals surface area contributed by atoms with Crippen LogP contribution >= 0.6 is 27.5 Å². The van der Waals surface area contributed by atoms with Crippen molar-refractivity contribution in [2.24, 2.45) is 0 Å². The van der Waals surface area contributed by atoms with E-state index in [0.29, 0.717) is 21.3 Å². The Balaban J connectivity index is 1.97. The second-order valence-electron chi connectivity index (χ2n) is 5.59. The second-order valence-corrected chi connectivity index (χ2v) is 6.81. The van der Waals surface area contributed by atoms with Gasteiger partial charge in [0.05, 0.1) is 17.1 Å². The zero-order valence-electron chi connectivity index (χ0n) is 14.2. The highest BCUT2D eigenvalue weighted by molar-refractivity contribution is 9.10. The van der Waals surface area contributed by atoms with Crippen molar-refractivity contribution in [1.82, 2.24) is 0 Å². The van der Waals surface area contributed by atoms with Gasteiger partial charge in [0.1, 0.15) is 0 Å². The Morgan fingerprint density at radius 1 is 1.07 bits per heavy atom. The minimum absolute atomic E-state index is 0.254. The number of hydrogen-bond acceptors (Lipinski definition) is 4. The van der Waals surface area contributed by atoms with E-state index in [-0.39, 0.29) is 5.75 Å². The first-order chi connectivity index (χ1) is 13.0. The summed E-state index contributed by atoms with van der Waals surface area (Å²) >= 11 is 8.71. The van der Waals surface area contributed by atoms with Crippen LogP contribution in [-0.4, -0.2) is 18.3 Å². The fourth-order valence-corrected chi connectivity index (χ4v) is 3.25. The summed E-state index contributed by atoms with van der Waals surface area (Å²) in [6, 6.07) is 16.4. The monoisotopic (exact) mass is 444 g/mol. The highest BCUT2D eigenvalue weighted by atomic mass is 79.9. The molecule has 27 heavy (non-hydrogen) atoms. The molecule has 0 amide bonds. The molecule has 0 aliphatic heterocycles. The molecule has 4 nitrogen and oxygen atoms in total. The van der Waals surface area contributed by atoms with Crippen LogP contribution in [0.5, 0.6) is 11.5 Å². The van der Waals surface area contributed by atoms with Gasteiger partial charge in [-0.05, 0) is 74.2 Å². The van der Waals surface area contributed by atoms with Crippen molar-refractivity contribution < 1.29 is 19.1 Å². The number of halogens is 2. The Labute approximate surface area is 169 Å². The third kappa shape index (κ3) is 4.38. The smallest absolute Gasteiger partial charge is 0.344 e. The Morgan fingerprint density at radius 2 is 1.81 bits per heavy atom. The van der Waals surface area contributed by atoms with Crippen LogP contribution in [0.2, 0.25) is 0 Å². The summed E-state index contributed by atoms with van der Waals surface area (Å²) in [5.74, 6) is 0.106. The molecule has 0 saturated carbocycles. The zero-order chi connectivity index (χ0) is 19.4. The van der Waals surface area contributed by atoms with Crippen molar-refractivity contribution in [3.8, 4) is 11.5 Å². The normalized spacial score (nSPS) is 10.9. The predicted molar refractivity (Wildman–Crippen MR) is 109 cm³/mol. The summed E-state index contributed by atoms with van der Waals surface area (Å²) in [4.78, 5) is 23.7. The van der Waals surface area contributed by atoms with Crippen LogP contribution in [0.4, 0.5) is 0 Å². The first kappa shape index (κ1) is 19.1.